The lowest BCUT2D eigenvalue weighted by molar-refractivity contribution is -0.125. The summed E-state index contributed by atoms with van der Waals surface area (Å²) in [6.45, 7) is 6.05. The number of aryl methyl sites for hydroxylation is 1. The molecule has 7 nitrogen and oxygen atoms in total. The predicted octanol–water partition coefficient (Wildman–Crippen LogP) is 0.0789. The van der Waals surface area contributed by atoms with Gasteiger partial charge < -0.3 is 14.6 Å². The Morgan fingerprint density at radius 3 is 2.79 bits per heavy atom. The molecule has 0 aliphatic carbocycles. The van der Waals surface area contributed by atoms with Crippen molar-refractivity contribution in [1.29, 1.82) is 0 Å². The third-order valence-corrected chi connectivity index (χ3v) is 5.25. The lowest BCUT2D eigenvalue weighted by Crippen LogP contribution is -2.45. The van der Waals surface area contributed by atoms with Gasteiger partial charge in [0, 0.05) is 71.9 Å². The van der Waals surface area contributed by atoms with Crippen LogP contribution in [0.1, 0.15) is 18.7 Å². The van der Waals surface area contributed by atoms with Crippen LogP contribution in [-0.2, 0) is 23.1 Å². The van der Waals surface area contributed by atoms with Gasteiger partial charge in [0.2, 0.25) is 5.91 Å². The van der Waals surface area contributed by atoms with Crippen molar-refractivity contribution in [2.45, 2.75) is 25.4 Å². The number of rotatable bonds is 4. The number of nitrogens with zero attached hydrogens (tertiary/aromatic N) is 4. The molecule has 1 aromatic heterocycles. The largest absolute Gasteiger partial charge is 0.381 e. The Labute approximate surface area is 144 Å². The lowest BCUT2D eigenvalue weighted by atomic mass is 10.0. The average Bonchev–Trinajstić information content (AvgIpc) is 2.89. The Morgan fingerprint density at radius 1 is 1.33 bits per heavy atom. The molecular weight excluding hydrogens is 306 g/mol. The van der Waals surface area contributed by atoms with Crippen molar-refractivity contribution in [3.63, 3.8) is 0 Å². The van der Waals surface area contributed by atoms with Crippen LogP contribution < -0.4 is 5.32 Å². The molecule has 1 atom stereocenters. The number of imidazole rings is 1. The van der Waals surface area contributed by atoms with Crippen LogP contribution in [0, 0.1) is 5.92 Å². The van der Waals surface area contributed by atoms with Crippen LogP contribution in [0.3, 0.4) is 0 Å². The third-order valence-electron chi connectivity index (χ3n) is 5.25. The molecule has 24 heavy (non-hydrogen) atoms. The van der Waals surface area contributed by atoms with E-state index >= 15 is 0 Å². The molecule has 2 fully saturated rings. The normalized spacial score (nSPS) is 24.7. The highest BCUT2D eigenvalue weighted by molar-refractivity contribution is 5.78. The highest BCUT2D eigenvalue weighted by atomic mass is 16.5. The van der Waals surface area contributed by atoms with Crippen molar-refractivity contribution in [2.75, 3.05) is 46.4 Å². The average molecular weight is 335 g/mol. The van der Waals surface area contributed by atoms with Crippen LogP contribution in [-0.4, -0.2) is 77.7 Å². The standard InChI is InChI=1S/C17H29N5O2/c1-18-17(23)14-11-21(13-16-19-5-6-20(16)2)7-8-22(12-14)15-3-9-24-10-4-15/h5-6,14-15H,3-4,7-13H2,1-2H3,(H,18,23). The molecule has 0 saturated carbocycles. The molecule has 0 bridgehead atoms. The van der Waals surface area contributed by atoms with Gasteiger partial charge in [0.1, 0.15) is 5.82 Å². The second kappa shape index (κ2) is 8.09. The maximum absolute atomic E-state index is 12.4. The fraction of sp³-hybridized carbons (Fsp3) is 0.765. The second-order valence-corrected chi connectivity index (χ2v) is 6.84. The fourth-order valence-corrected chi connectivity index (χ4v) is 3.75. The summed E-state index contributed by atoms with van der Waals surface area (Å²) in [4.78, 5) is 21.6. The summed E-state index contributed by atoms with van der Waals surface area (Å²) in [6, 6.07) is 0.541. The topological polar surface area (TPSA) is 62.6 Å². The Hall–Kier alpha value is -1.44. The van der Waals surface area contributed by atoms with Crippen LogP contribution in [0.15, 0.2) is 12.4 Å². The molecule has 2 aliphatic heterocycles. The maximum atomic E-state index is 12.4. The smallest absolute Gasteiger partial charge is 0.225 e. The van der Waals surface area contributed by atoms with E-state index in [9.17, 15) is 4.79 Å². The van der Waals surface area contributed by atoms with Gasteiger partial charge in [-0.05, 0) is 12.8 Å². The van der Waals surface area contributed by atoms with Gasteiger partial charge in [-0.25, -0.2) is 4.98 Å². The summed E-state index contributed by atoms with van der Waals surface area (Å²) in [7, 11) is 3.75. The Bertz CT molecular complexity index is 541. The number of ether oxygens (including phenoxy) is 1. The molecule has 7 heteroatoms. The summed E-state index contributed by atoms with van der Waals surface area (Å²) in [5.74, 6) is 1.18. The fourth-order valence-electron chi connectivity index (χ4n) is 3.75. The van der Waals surface area contributed by atoms with Gasteiger partial charge in [0.25, 0.3) is 0 Å². The molecule has 2 saturated heterocycles. The summed E-state index contributed by atoms with van der Waals surface area (Å²) >= 11 is 0. The first-order chi connectivity index (χ1) is 11.7. The van der Waals surface area contributed by atoms with E-state index in [0.29, 0.717) is 6.04 Å². The van der Waals surface area contributed by atoms with Crippen molar-refractivity contribution in [3.05, 3.63) is 18.2 Å². The van der Waals surface area contributed by atoms with Crippen LogP contribution in [0.4, 0.5) is 0 Å². The molecule has 2 aliphatic rings. The highest BCUT2D eigenvalue weighted by Gasteiger charge is 2.31. The van der Waals surface area contributed by atoms with Crippen molar-refractivity contribution in [2.24, 2.45) is 13.0 Å². The predicted molar refractivity (Wildman–Crippen MR) is 91.5 cm³/mol. The van der Waals surface area contributed by atoms with E-state index in [1.54, 1.807) is 7.05 Å². The summed E-state index contributed by atoms with van der Waals surface area (Å²) in [5.41, 5.74) is 0. The molecular formula is C17H29N5O2. The molecule has 1 unspecified atom stereocenters. The third kappa shape index (κ3) is 4.15. The van der Waals surface area contributed by atoms with E-state index in [1.807, 2.05) is 19.4 Å². The van der Waals surface area contributed by atoms with Gasteiger partial charge in [-0.1, -0.05) is 0 Å². The van der Waals surface area contributed by atoms with E-state index in [4.69, 9.17) is 4.74 Å². The van der Waals surface area contributed by atoms with Crippen molar-refractivity contribution >= 4 is 5.91 Å². The first-order valence-electron chi connectivity index (χ1n) is 8.89. The minimum atomic E-state index is 0.000568. The number of amides is 1. The highest BCUT2D eigenvalue weighted by Crippen LogP contribution is 2.20. The molecule has 1 N–H and O–H groups in total. The summed E-state index contributed by atoms with van der Waals surface area (Å²) in [6.07, 6.45) is 5.94. The van der Waals surface area contributed by atoms with Crippen LogP contribution in [0.25, 0.3) is 0 Å². The Kier molecular flexibility index (Phi) is 5.86. The number of nitrogens with one attached hydrogen (secondary N) is 1. The molecule has 1 amide bonds. The Balaban J connectivity index is 1.69. The van der Waals surface area contributed by atoms with Crippen LogP contribution in [0.5, 0.6) is 0 Å². The number of hydrogen-bond acceptors (Lipinski definition) is 5. The molecule has 134 valence electrons. The monoisotopic (exact) mass is 335 g/mol. The molecule has 0 spiro atoms. The summed E-state index contributed by atoms with van der Waals surface area (Å²) < 4.78 is 7.55. The first kappa shape index (κ1) is 17.4. The van der Waals surface area contributed by atoms with E-state index in [2.05, 4.69) is 24.7 Å². The molecule has 0 aromatic carbocycles. The van der Waals surface area contributed by atoms with E-state index in [0.717, 1.165) is 64.6 Å². The van der Waals surface area contributed by atoms with Crippen molar-refractivity contribution in [1.82, 2.24) is 24.7 Å². The quantitative estimate of drug-likeness (QED) is 0.844. The van der Waals surface area contributed by atoms with Crippen molar-refractivity contribution in [3.8, 4) is 0 Å². The van der Waals surface area contributed by atoms with Gasteiger partial charge in [0.15, 0.2) is 0 Å². The number of hydrogen-bond donors (Lipinski definition) is 1. The van der Waals surface area contributed by atoms with Crippen molar-refractivity contribution < 1.29 is 9.53 Å². The molecule has 0 radical (unpaired) electrons. The molecule has 1 aromatic rings. The van der Waals surface area contributed by atoms with E-state index < -0.39 is 0 Å². The minimum Gasteiger partial charge on any atom is -0.381 e. The van der Waals surface area contributed by atoms with Gasteiger partial charge in [-0.15, -0.1) is 0 Å². The first-order valence-corrected chi connectivity index (χ1v) is 8.89. The number of carbonyl (C=O) groups excluding carboxylic acids is 1. The van der Waals surface area contributed by atoms with Gasteiger partial charge in [0.05, 0.1) is 12.5 Å². The van der Waals surface area contributed by atoms with Gasteiger partial charge in [-0.2, -0.15) is 0 Å². The maximum Gasteiger partial charge on any atom is 0.225 e. The Morgan fingerprint density at radius 2 is 2.12 bits per heavy atom. The summed E-state index contributed by atoms with van der Waals surface area (Å²) in [5, 5.41) is 2.84. The van der Waals surface area contributed by atoms with E-state index in [-0.39, 0.29) is 11.8 Å². The molecule has 3 heterocycles. The zero-order chi connectivity index (χ0) is 16.9. The SMILES string of the molecule is CNC(=O)C1CN(Cc2nccn2C)CCN(C2CCOCC2)C1. The van der Waals surface area contributed by atoms with Crippen LogP contribution >= 0.6 is 0 Å². The second-order valence-electron chi connectivity index (χ2n) is 6.84. The van der Waals surface area contributed by atoms with Gasteiger partial charge in [-0.3, -0.25) is 14.6 Å². The lowest BCUT2D eigenvalue weighted by Gasteiger charge is -2.34. The number of carbonyl (C=O) groups is 1. The molecule has 3 rings (SSSR count). The minimum absolute atomic E-state index is 0.000568. The zero-order valence-electron chi connectivity index (χ0n) is 14.8. The van der Waals surface area contributed by atoms with E-state index in [1.165, 1.54) is 0 Å². The number of aromatic nitrogens is 2. The van der Waals surface area contributed by atoms with Gasteiger partial charge >= 0.3 is 0 Å². The van der Waals surface area contributed by atoms with Crippen LogP contribution in [0.2, 0.25) is 0 Å². The zero-order valence-corrected chi connectivity index (χ0v) is 14.8.